The van der Waals surface area contributed by atoms with Crippen molar-refractivity contribution in [2.75, 3.05) is 7.11 Å². The van der Waals surface area contributed by atoms with E-state index in [9.17, 15) is 4.79 Å². The van der Waals surface area contributed by atoms with Crippen molar-refractivity contribution in [2.24, 2.45) is 0 Å². The summed E-state index contributed by atoms with van der Waals surface area (Å²) < 4.78 is 15.9. The molecule has 0 radical (unpaired) electrons. The minimum atomic E-state index is -0.385. The van der Waals surface area contributed by atoms with Gasteiger partial charge in [-0.25, -0.2) is 4.79 Å². The van der Waals surface area contributed by atoms with Crippen LogP contribution in [0.1, 0.15) is 17.3 Å². The van der Waals surface area contributed by atoms with E-state index in [0.29, 0.717) is 5.56 Å². The van der Waals surface area contributed by atoms with Crippen LogP contribution in [0.2, 0.25) is 0 Å². The predicted molar refractivity (Wildman–Crippen MR) is 66.1 cm³/mol. The second-order valence-corrected chi connectivity index (χ2v) is 4.07. The smallest absolute Gasteiger partial charge is 0.338 e. The Morgan fingerprint density at radius 1 is 1.22 bits per heavy atom. The van der Waals surface area contributed by atoms with E-state index < -0.39 is 0 Å². The summed E-state index contributed by atoms with van der Waals surface area (Å²) in [5.74, 6) is -0.350. The zero-order valence-electron chi connectivity index (χ0n) is 10.4. The number of hydrogen-bond donors (Lipinski definition) is 0. The summed E-state index contributed by atoms with van der Waals surface area (Å²) in [6.07, 6.45) is 2.55. The lowest BCUT2D eigenvalue weighted by atomic mass is 10.1. The van der Waals surface area contributed by atoms with Gasteiger partial charge in [0.05, 0.1) is 11.7 Å². The van der Waals surface area contributed by atoms with Crippen LogP contribution in [-0.2, 0) is 14.2 Å². The van der Waals surface area contributed by atoms with Crippen LogP contribution in [0.25, 0.3) is 0 Å². The van der Waals surface area contributed by atoms with Gasteiger partial charge in [-0.15, -0.1) is 0 Å². The molecule has 1 heterocycles. The first kappa shape index (κ1) is 12.8. The van der Waals surface area contributed by atoms with E-state index in [1.54, 1.807) is 43.5 Å². The fourth-order valence-corrected chi connectivity index (χ4v) is 1.73. The van der Waals surface area contributed by atoms with Gasteiger partial charge in [-0.2, -0.15) is 0 Å². The summed E-state index contributed by atoms with van der Waals surface area (Å²) in [5.41, 5.74) is 0.534. The third kappa shape index (κ3) is 2.97. The number of methoxy groups -OCH3 is 1. The molecule has 96 valence electrons. The van der Waals surface area contributed by atoms with Crippen LogP contribution in [0.5, 0.6) is 0 Å². The van der Waals surface area contributed by atoms with Gasteiger partial charge in [-0.05, 0) is 31.2 Å². The molecule has 0 amide bonds. The molecular weight excluding hydrogens is 232 g/mol. The quantitative estimate of drug-likeness (QED) is 0.607. The van der Waals surface area contributed by atoms with Gasteiger partial charge >= 0.3 is 5.97 Å². The Morgan fingerprint density at radius 3 is 2.56 bits per heavy atom. The summed E-state index contributed by atoms with van der Waals surface area (Å²) in [7, 11) is 1.57. The topological polar surface area (TPSA) is 44.8 Å². The summed E-state index contributed by atoms with van der Waals surface area (Å²) >= 11 is 0. The fourth-order valence-electron chi connectivity index (χ4n) is 1.73. The lowest BCUT2D eigenvalue weighted by Gasteiger charge is -2.28. The first-order chi connectivity index (χ1) is 8.70. The van der Waals surface area contributed by atoms with E-state index in [0.717, 1.165) is 0 Å². The van der Waals surface area contributed by atoms with Crippen LogP contribution < -0.4 is 0 Å². The van der Waals surface area contributed by atoms with Crippen molar-refractivity contribution in [3.8, 4) is 0 Å². The van der Waals surface area contributed by atoms with Gasteiger partial charge < -0.3 is 14.2 Å². The second-order valence-electron chi connectivity index (χ2n) is 4.07. The monoisotopic (exact) mass is 248 g/mol. The van der Waals surface area contributed by atoms with Gasteiger partial charge in [0.25, 0.3) is 0 Å². The first-order valence-electron chi connectivity index (χ1n) is 5.83. The van der Waals surface area contributed by atoms with Crippen LogP contribution >= 0.6 is 0 Å². The molecular formula is C14H16O4. The molecule has 1 aromatic rings. The molecule has 0 spiro atoms. The lowest BCUT2D eigenvalue weighted by molar-refractivity contribution is -0.152. The van der Waals surface area contributed by atoms with Crippen molar-refractivity contribution in [1.82, 2.24) is 0 Å². The molecule has 2 rings (SSSR count). The SMILES string of the molecule is CO[C@@H]1C=C[C@@H](OC(=O)c2ccccc2)[C@H](C)O1. The van der Waals surface area contributed by atoms with Gasteiger partial charge in [0, 0.05) is 7.11 Å². The zero-order chi connectivity index (χ0) is 13.0. The van der Waals surface area contributed by atoms with Crippen molar-refractivity contribution in [2.45, 2.75) is 25.4 Å². The summed E-state index contributed by atoms with van der Waals surface area (Å²) in [6.45, 7) is 1.85. The maximum Gasteiger partial charge on any atom is 0.338 e. The molecule has 1 aromatic carbocycles. The van der Waals surface area contributed by atoms with E-state index in [1.807, 2.05) is 13.0 Å². The number of carbonyl (C=O) groups is 1. The number of ether oxygens (including phenoxy) is 3. The van der Waals surface area contributed by atoms with E-state index in [-0.39, 0.29) is 24.5 Å². The van der Waals surface area contributed by atoms with Crippen LogP contribution in [0, 0.1) is 0 Å². The molecule has 1 aliphatic heterocycles. The highest BCUT2D eigenvalue weighted by Crippen LogP contribution is 2.17. The van der Waals surface area contributed by atoms with Gasteiger partial charge in [0.1, 0.15) is 6.10 Å². The third-order valence-electron chi connectivity index (χ3n) is 2.75. The van der Waals surface area contributed by atoms with E-state index in [2.05, 4.69) is 0 Å². The largest absolute Gasteiger partial charge is 0.452 e. The van der Waals surface area contributed by atoms with Crippen LogP contribution in [0.4, 0.5) is 0 Å². The zero-order valence-corrected chi connectivity index (χ0v) is 10.4. The molecule has 0 aliphatic carbocycles. The number of benzene rings is 1. The van der Waals surface area contributed by atoms with Gasteiger partial charge in [-0.3, -0.25) is 0 Å². The molecule has 0 unspecified atom stereocenters. The Kier molecular flexibility index (Phi) is 4.12. The molecule has 4 heteroatoms. The highest BCUT2D eigenvalue weighted by molar-refractivity contribution is 5.89. The minimum absolute atomic E-state index is 0.229. The number of esters is 1. The Bertz CT molecular complexity index is 427. The lowest BCUT2D eigenvalue weighted by Crippen LogP contribution is -2.36. The molecule has 0 saturated heterocycles. The highest BCUT2D eigenvalue weighted by atomic mass is 16.7. The van der Waals surface area contributed by atoms with Crippen molar-refractivity contribution >= 4 is 5.97 Å². The average Bonchev–Trinajstić information content (AvgIpc) is 2.42. The molecule has 3 atom stereocenters. The van der Waals surface area contributed by atoms with Crippen molar-refractivity contribution in [1.29, 1.82) is 0 Å². The first-order valence-corrected chi connectivity index (χ1v) is 5.83. The maximum atomic E-state index is 11.9. The molecule has 0 fully saturated rings. The molecule has 18 heavy (non-hydrogen) atoms. The Hall–Kier alpha value is -1.65. The van der Waals surface area contributed by atoms with Crippen LogP contribution in [-0.4, -0.2) is 31.6 Å². The standard InChI is InChI=1S/C14H16O4/c1-10-12(8-9-13(16-2)17-10)18-14(15)11-6-4-3-5-7-11/h3-10,12-13H,1-2H3/t10-,12+,13-/m0/s1. The fraction of sp³-hybridized carbons (Fsp3) is 0.357. The van der Waals surface area contributed by atoms with Gasteiger partial charge in [0.15, 0.2) is 6.29 Å². The molecule has 0 bridgehead atoms. The summed E-state index contributed by atoms with van der Waals surface area (Å²) in [4.78, 5) is 11.9. The van der Waals surface area contributed by atoms with Crippen molar-refractivity contribution < 1.29 is 19.0 Å². The van der Waals surface area contributed by atoms with E-state index >= 15 is 0 Å². The maximum absolute atomic E-state index is 11.9. The average molecular weight is 248 g/mol. The van der Waals surface area contributed by atoms with Crippen molar-refractivity contribution in [3.63, 3.8) is 0 Å². The normalized spacial score (nSPS) is 26.9. The summed E-state index contributed by atoms with van der Waals surface area (Å²) in [6, 6.07) is 8.89. The Balaban J connectivity index is 2.00. The Labute approximate surface area is 106 Å². The highest BCUT2D eigenvalue weighted by Gasteiger charge is 2.26. The van der Waals surface area contributed by atoms with Gasteiger partial charge in [-0.1, -0.05) is 18.2 Å². The van der Waals surface area contributed by atoms with E-state index in [1.165, 1.54) is 0 Å². The minimum Gasteiger partial charge on any atom is -0.452 e. The third-order valence-corrected chi connectivity index (χ3v) is 2.75. The van der Waals surface area contributed by atoms with Gasteiger partial charge in [0.2, 0.25) is 0 Å². The van der Waals surface area contributed by atoms with Crippen LogP contribution in [0.3, 0.4) is 0 Å². The molecule has 4 nitrogen and oxygen atoms in total. The molecule has 1 aliphatic rings. The second kappa shape index (κ2) is 5.80. The summed E-state index contributed by atoms with van der Waals surface area (Å²) in [5, 5.41) is 0. The molecule has 0 N–H and O–H groups in total. The number of hydrogen-bond acceptors (Lipinski definition) is 4. The predicted octanol–water partition coefficient (Wildman–Crippen LogP) is 2.16. The van der Waals surface area contributed by atoms with E-state index in [4.69, 9.17) is 14.2 Å². The molecule has 0 saturated carbocycles. The van der Waals surface area contributed by atoms with Crippen molar-refractivity contribution in [3.05, 3.63) is 48.0 Å². The number of rotatable bonds is 3. The van der Waals surface area contributed by atoms with Crippen LogP contribution in [0.15, 0.2) is 42.5 Å². The Morgan fingerprint density at radius 2 is 1.94 bits per heavy atom. The number of carbonyl (C=O) groups excluding carboxylic acids is 1. The molecule has 0 aromatic heterocycles.